The molecule has 2 fully saturated rings. The van der Waals surface area contributed by atoms with Crippen LogP contribution in [0.2, 0.25) is 0 Å². The van der Waals surface area contributed by atoms with Gasteiger partial charge in [-0.05, 0) is 19.3 Å². The molecule has 114 valence electrons. The summed E-state index contributed by atoms with van der Waals surface area (Å²) in [6.45, 7) is 3.80. The Hall–Kier alpha value is -1.11. The maximum absolute atomic E-state index is 12.5. The Morgan fingerprint density at radius 1 is 1.30 bits per heavy atom. The zero-order valence-corrected chi connectivity index (χ0v) is 12.8. The summed E-state index contributed by atoms with van der Waals surface area (Å²) in [6.07, 6.45) is 2.34. The highest BCUT2D eigenvalue weighted by Crippen LogP contribution is 2.25. The molecule has 0 aromatic heterocycles. The van der Waals surface area contributed by atoms with E-state index in [4.69, 9.17) is 0 Å². The number of carbonyl (C=O) groups is 2. The molecule has 2 rings (SSSR count). The van der Waals surface area contributed by atoms with E-state index in [0.29, 0.717) is 19.3 Å². The Kier molecular flexibility index (Phi) is 4.36. The van der Waals surface area contributed by atoms with E-state index in [0.717, 1.165) is 6.42 Å². The normalized spacial score (nSPS) is 33.3. The predicted molar refractivity (Wildman–Crippen MR) is 74.8 cm³/mol. The van der Waals surface area contributed by atoms with E-state index in [9.17, 15) is 18.0 Å². The molecule has 0 bridgehead atoms. The highest BCUT2D eigenvalue weighted by Gasteiger charge is 2.45. The summed E-state index contributed by atoms with van der Waals surface area (Å²) in [7, 11) is -3.07. The number of nitrogens with zero attached hydrogens (tertiary/aromatic N) is 1. The van der Waals surface area contributed by atoms with Gasteiger partial charge >= 0.3 is 0 Å². The van der Waals surface area contributed by atoms with E-state index in [2.05, 4.69) is 5.32 Å². The maximum Gasteiger partial charge on any atom is 0.246 e. The van der Waals surface area contributed by atoms with Crippen LogP contribution in [-0.2, 0) is 19.4 Å². The summed E-state index contributed by atoms with van der Waals surface area (Å²) in [6, 6.07) is -1.38. The van der Waals surface area contributed by atoms with Crippen molar-refractivity contribution in [1.29, 1.82) is 0 Å². The minimum absolute atomic E-state index is 0.0125. The van der Waals surface area contributed by atoms with E-state index in [1.807, 2.05) is 13.8 Å². The number of piperazine rings is 1. The highest BCUT2D eigenvalue weighted by atomic mass is 32.2. The minimum Gasteiger partial charge on any atom is -0.343 e. The summed E-state index contributed by atoms with van der Waals surface area (Å²) >= 11 is 0. The van der Waals surface area contributed by atoms with Crippen LogP contribution < -0.4 is 5.32 Å². The van der Waals surface area contributed by atoms with Gasteiger partial charge in [-0.2, -0.15) is 0 Å². The molecule has 0 spiro atoms. The zero-order chi connectivity index (χ0) is 14.9. The zero-order valence-electron chi connectivity index (χ0n) is 12.0. The van der Waals surface area contributed by atoms with Crippen molar-refractivity contribution in [2.24, 2.45) is 0 Å². The Morgan fingerprint density at radius 2 is 2.00 bits per heavy atom. The third-order valence-corrected chi connectivity index (χ3v) is 5.82. The molecular weight excluding hydrogens is 280 g/mol. The minimum atomic E-state index is -3.07. The van der Waals surface area contributed by atoms with Crippen LogP contribution in [0.4, 0.5) is 0 Å². The van der Waals surface area contributed by atoms with Crippen molar-refractivity contribution in [3.05, 3.63) is 0 Å². The second-order valence-corrected chi connectivity index (χ2v) is 7.80. The van der Waals surface area contributed by atoms with E-state index in [1.54, 1.807) is 4.90 Å². The third-order valence-electron chi connectivity index (χ3n) is 4.07. The molecule has 2 amide bonds. The highest BCUT2D eigenvalue weighted by molar-refractivity contribution is 7.91. The Balaban J connectivity index is 2.25. The first-order valence-corrected chi connectivity index (χ1v) is 9.04. The fourth-order valence-corrected chi connectivity index (χ4v) is 4.80. The number of hydrogen-bond donors (Lipinski definition) is 1. The summed E-state index contributed by atoms with van der Waals surface area (Å²) in [5.41, 5.74) is 0. The van der Waals surface area contributed by atoms with Crippen molar-refractivity contribution in [2.75, 3.05) is 11.5 Å². The van der Waals surface area contributed by atoms with E-state index < -0.39 is 21.9 Å². The average Bonchev–Trinajstić information content (AvgIpc) is 2.73. The molecule has 1 N–H and O–H groups in total. The van der Waals surface area contributed by atoms with Crippen LogP contribution in [0, 0.1) is 0 Å². The fourth-order valence-electron chi connectivity index (χ4n) is 3.09. The van der Waals surface area contributed by atoms with Gasteiger partial charge in [-0.25, -0.2) is 8.42 Å². The number of hydrogen-bond acceptors (Lipinski definition) is 4. The van der Waals surface area contributed by atoms with Crippen molar-refractivity contribution < 1.29 is 18.0 Å². The lowest BCUT2D eigenvalue weighted by Gasteiger charge is -2.41. The van der Waals surface area contributed by atoms with Gasteiger partial charge in [-0.3, -0.25) is 9.59 Å². The van der Waals surface area contributed by atoms with Gasteiger partial charge in [0, 0.05) is 6.04 Å². The first-order valence-electron chi connectivity index (χ1n) is 7.22. The molecule has 0 aliphatic carbocycles. The standard InChI is InChI=1S/C13H22N2O4S/c1-3-5-10-13(17)15(11(4-2)12(16)14-10)9-6-7-20(18,19)8-9/h9-11H,3-8H2,1-2H3,(H,14,16). The molecule has 20 heavy (non-hydrogen) atoms. The van der Waals surface area contributed by atoms with E-state index in [-0.39, 0.29) is 29.4 Å². The predicted octanol–water partition coefficient (Wildman–Crippen LogP) is 0.0792. The van der Waals surface area contributed by atoms with Gasteiger partial charge in [-0.1, -0.05) is 20.3 Å². The monoisotopic (exact) mass is 302 g/mol. The Morgan fingerprint density at radius 3 is 2.50 bits per heavy atom. The average molecular weight is 302 g/mol. The van der Waals surface area contributed by atoms with Crippen LogP contribution in [-0.4, -0.2) is 54.8 Å². The van der Waals surface area contributed by atoms with Crippen LogP contribution in [0.3, 0.4) is 0 Å². The lowest BCUT2D eigenvalue weighted by molar-refractivity contribution is -0.152. The van der Waals surface area contributed by atoms with Crippen LogP contribution in [0.1, 0.15) is 39.5 Å². The van der Waals surface area contributed by atoms with Gasteiger partial charge in [0.1, 0.15) is 12.1 Å². The molecule has 2 aliphatic rings. The van der Waals surface area contributed by atoms with Crippen LogP contribution in [0.5, 0.6) is 0 Å². The molecule has 2 saturated heterocycles. The summed E-state index contributed by atoms with van der Waals surface area (Å²) < 4.78 is 23.3. The summed E-state index contributed by atoms with van der Waals surface area (Å²) in [5, 5.41) is 2.76. The lowest BCUT2D eigenvalue weighted by atomic mass is 9.99. The van der Waals surface area contributed by atoms with Crippen molar-refractivity contribution >= 4 is 21.7 Å². The molecule has 0 aromatic carbocycles. The fraction of sp³-hybridized carbons (Fsp3) is 0.846. The molecule has 0 aromatic rings. The molecule has 6 nitrogen and oxygen atoms in total. The van der Waals surface area contributed by atoms with Crippen molar-refractivity contribution in [1.82, 2.24) is 10.2 Å². The van der Waals surface area contributed by atoms with Crippen LogP contribution in [0.15, 0.2) is 0 Å². The summed E-state index contributed by atoms with van der Waals surface area (Å²) in [4.78, 5) is 26.2. The van der Waals surface area contributed by atoms with Gasteiger partial charge in [0.2, 0.25) is 11.8 Å². The topological polar surface area (TPSA) is 83.6 Å². The first-order chi connectivity index (χ1) is 9.39. The van der Waals surface area contributed by atoms with Gasteiger partial charge in [0.25, 0.3) is 0 Å². The SMILES string of the molecule is CCCC1NC(=O)C(CC)N(C2CCS(=O)(=O)C2)C1=O. The number of nitrogens with one attached hydrogen (secondary N) is 1. The van der Waals surface area contributed by atoms with Gasteiger partial charge in [-0.15, -0.1) is 0 Å². The van der Waals surface area contributed by atoms with Gasteiger partial charge in [0.15, 0.2) is 9.84 Å². The van der Waals surface area contributed by atoms with Crippen molar-refractivity contribution in [3.8, 4) is 0 Å². The molecule has 3 unspecified atom stereocenters. The van der Waals surface area contributed by atoms with Gasteiger partial charge in [0.05, 0.1) is 11.5 Å². The number of sulfone groups is 1. The molecule has 0 radical (unpaired) electrons. The molecule has 7 heteroatoms. The first kappa shape index (κ1) is 15.3. The second-order valence-electron chi connectivity index (χ2n) is 5.58. The quantitative estimate of drug-likeness (QED) is 0.797. The summed E-state index contributed by atoms with van der Waals surface area (Å²) in [5.74, 6) is -0.186. The molecule has 2 aliphatic heterocycles. The van der Waals surface area contributed by atoms with E-state index >= 15 is 0 Å². The van der Waals surface area contributed by atoms with Crippen molar-refractivity contribution in [3.63, 3.8) is 0 Å². The third kappa shape index (κ3) is 2.82. The lowest BCUT2D eigenvalue weighted by Crippen LogP contribution is -2.65. The van der Waals surface area contributed by atoms with Crippen molar-refractivity contribution in [2.45, 2.75) is 57.7 Å². The van der Waals surface area contributed by atoms with Gasteiger partial charge < -0.3 is 10.2 Å². The van der Waals surface area contributed by atoms with Crippen LogP contribution >= 0.6 is 0 Å². The molecule has 3 atom stereocenters. The largest absolute Gasteiger partial charge is 0.343 e. The second kappa shape index (κ2) is 5.71. The number of carbonyl (C=O) groups excluding carboxylic acids is 2. The van der Waals surface area contributed by atoms with Crippen LogP contribution in [0.25, 0.3) is 0 Å². The Labute approximate surface area is 119 Å². The number of amides is 2. The number of rotatable bonds is 4. The maximum atomic E-state index is 12.5. The molecular formula is C13H22N2O4S. The smallest absolute Gasteiger partial charge is 0.246 e. The molecule has 2 heterocycles. The molecule has 0 saturated carbocycles. The Bertz CT molecular complexity index is 503. The van der Waals surface area contributed by atoms with E-state index in [1.165, 1.54) is 0 Å².